The van der Waals surface area contributed by atoms with E-state index in [2.05, 4.69) is 4.98 Å². The second kappa shape index (κ2) is 4.45. The smallest absolute Gasteiger partial charge is 0.326 e. The molecule has 0 saturated carbocycles. The standard InChI is InChI=1S/C12H12F3N3/c1-8-17-4-5-18(8)10-3-2-9(7-16)11(6-10)12(13,14)15/h2-6H,7,16H2,1H3. The lowest BCUT2D eigenvalue weighted by atomic mass is 10.1. The van der Waals surface area contributed by atoms with Crippen molar-refractivity contribution in [3.63, 3.8) is 0 Å². The molecular weight excluding hydrogens is 243 g/mol. The highest BCUT2D eigenvalue weighted by Gasteiger charge is 2.33. The van der Waals surface area contributed by atoms with E-state index in [1.165, 1.54) is 6.07 Å². The molecule has 0 atom stereocenters. The summed E-state index contributed by atoms with van der Waals surface area (Å²) < 4.78 is 40.2. The first-order valence-electron chi connectivity index (χ1n) is 5.34. The molecule has 0 spiro atoms. The van der Waals surface area contributed by atoms with E-state index in [1.54, 1.807) is 30.0 Å². The van der Waals surface area contributed by atoms with Gasteiger partial charge in [0.25, 0.3) is 0 Å². The molecule has 2 aromatic rings. The summed E-state index contributed by atoms with van der Waals surface area (Å²) in [5, 5.41) is 0. The fourth-order valence-corrected chi connectivity index (χ4v) is 1.81. The SMILES string of the molecule is Cc1nccn1-c1ccc(CN)c(C(F)(F)F)c1. The van der Waals surface area contributed by atoms with E-state index in [1.807, 2.05) is 0 Å². The Bertz CT molecular complexity index is 558. The summed E-state index contributed by atoms with van der Waals surface area (Å²) in [6.07, 6.45) is -1.24. The van der Waals surface area contributed by atoms with Gasteiger partial charge in [-0.05, 0) is 24.6 Å². The van der Waals surface area contributed by atoms with Crippen molar-refractivity contribution >= 4 is 0 Å². The number of imidazole rings is 1. The number of halogens is 3. The van der Waals surface area contributed by atoms with Gasteiger partial charge in [-0.25, -0.2) is 4.98 Å². The minimum absolute atomic E-state index is 0.0871. The summed E-state index contributed by atoms with van der Waals surface area (Å²) in [7, 11) is 0. The number of nitrogens with zero attached hydrogens (tertiary/aromatic N) is 2. The number of benzene rings is 1. The first-order chi connectivity index (χ1) is 8.43. The first-order valence-corrected chi connectivity index (χ1v) is 5.34. The van der Waals surface area contributed by atoms with Crippen LogP contribution in [-0.2, 0) is 12.7 Å². The molecule has 0 amide bonds. The van der Waals surface area contributed by atoms with Crippen LogP contribution in [0.15, 0.2) is 30.6 Å². The summed E-state index contributed by atoms with van der Waals surface area (Å²) in [6.45, 7) is 1.59. The highest BCUT2D eigenvalue weighted by Crippen LogP contribution is 2.33. The van der Waals surface area contributed by atoms with Crippen molar-refractivity contribution in [2.75, 3.05) is 0 Å². The Morgan fingerprint density at radius 3 is 2.56 bits per heavy atom. The number of alkyl halides is 3. The van der Waals surface area contributed by atoms with Crippen molar-refractivity contribution in [1.82, 2.24) is 9.55 Å². The zero-order valence-electron chi connectivity index (χ0n) is 9.70. The van der Waals surface area contributed by atoms with Crippen LogP contribution in [0.3, 0.4) is 0 Å². The van der Waals surface area contributed by atoms with Crippen molar-refractivity contribution < 1.29 is 13.2 Å². The average Bonchev–Trinajstić information content (AvgIpc) is 2.73. The third-order valence-corrected chi connectivity index (χ3v) is 2.72. The molecule has 96 valence electrons. The second-order valence-corrected chi connectivity index (χ2v) is 3.89. The van der Waals surface area contributed by atoms with Gasteiger partial charge in [-0.1, -0.05) is 6.07 Å². The molecule has 2 N–H and O–H groups in total. The zero-order chi connectivity index (χ0) is 13.3. The third-order valence-electron chi connectivity index (χ3n) is 2.72. The molecule has 6 heteroatoms. The highest BCUT2D eigenvalue weighted by molar-refractivity contribution is 5.42. The molecular formula is C12H12F3N3. The molecule has 3 nitrogen and oxygen atoms in total. The van der Waals surface area contributed by atoms with Gasteiger partial charge in [-0.3, -0.25) is 0 Å². The minimum atomic E-state index is -4.40. The highest BCUT2D eigenvalue weighted by atomic mass is 19.4. The van der Waals surface area contributed by atoms with E-state index in [9.17, 15) is 13.2 Å². The van der Waals surface area contributed by atoms with E-state index in [0.29, 0.717) is 11.5 Å². The van der Waals surface area contributed by atoms with Gasteiger partial charge in [-0.2, -0.15) is 13.2 Å². The molecule has 0 aliphatic heterocycles. The number of aromatic nitrogens is 2. The molecule has 1 heterocycles. The van der Waals surface area contributed by atoms with E-state index in [4.69, 9.17) is 5.73 Å². The monoisotopic (exact) mass is 255 g/mol. The lowest BCUT2D eigenvalue weighted by Crippen LogP contribution is -2.13. The van der Waals surface area contributed by atoms with Crippen LogP contribution in [0.25, 0.3) is 5.69 Å². The molecule has 0 bridgehead atoms. The maximum absolute atomic E-state index is 12.9. The van der Waals surface area contributed by atoms with Crippen LogP contribution in [0.5, 0.6) is 0 Å². The molecule has 0 aliphatic carbocycles. The number of hydrogen-bond acceptors (Lipinski definition) is 2. The fraction of sp³-hybridized carbons (Fsp3) is 0.250. The molecule has 0 aliphatic rings. The Labute approximate surface area is 102 Å². The molecule has 2 rings (SSSR count). The van der Waals surface area contributed by atoms with Crippen LogP contribution < -0.4 is 5.73 Å². The van der Waals surface area contributed by atoms with Crippen LogP contribution in [0.2, 0.25) is 0 Å². The van der Waals surface area contributed by atoms with Crippen LogP contribution >= 0.6 is 0 Å². The van der Waals surface area contributed by atoms with Crippen molar-refractivity contribution in [1.29, 1.82) is 0 Å². The molecule has 0 saturated heterocycles. The normalized spacial score (nSPS) is 11.8. The Morgan fingerprint density at radius 2 is 2.06 bits per heavy atom. The summed E-state index contributed by atoms with van der Waals surface area (Å²) >= 11 is 0. The van der Waals surface area contributed by atoms with Crippen molar-refractivity contribution in [3.05, 3.63) is 47.5 Å². The summed E-state index contributed by atoms with van der Waals surface area (Å²) in [5.41, 5.74) is 5.14. The number of hydrogen-bond donors (Lipinski definition) is 1. The molecule has 18 heavy (non-hydrogen) atoms. The maximum atomic E-state index is 12.9. The van der Waals surface area contributed by atoms with E-state index < -0.39 is 11.7 Å². The Kier molecular flexibility index (Phi) is 3.13. The van der Waals surface area contributed by atoms with E-state index in [-0.39, 0.29) is 12.1 Å². The van der Waals surface area contributed by atoms with Gasteiger partial charge in [0.05, 0.1) is 5.56 Å². The number of nitrogens with two attached hydrogens (primary N) is 1. The largest absolute Gasteiger partial charge is 0.416 e. The van der Waals surface area contributed by atoms with Crippen LogP contribution in [0.1, 0.15) is 17.0 Å². The second-order valence-electron chi connectivity index (χ2n) is 3.89. The van der Waals surface area contributed by atoms with Crippen molar-refractivity contribution in [2.45, 2.75) is 19.6 Å². The van der Waals surface area contributed by atoms with Crippen LogP contribution in [0.4, 0.5) is 13.2 Å². The van der Waals surface area contributed by atoms with Crippen LogP contribution in [0, 0.1) is 6.92 Å². The van der Waals surface area contributed by atoms with Gasteiger partial charge in [0.1, 0.15) is 5.82 Å². The lowest BCUT2D eigenvalue weighted by molar-refractivity contribution is -0.138. The van der Waals surface area contributed by atoms with Crippen molar-refractivity contribution in [2.24, 2.45) is 5.73 Å². The fourth-order valence-electron chi connectivity index (χ4n) is 1.81. The quantitative estimate of drug-likeness (QED) is 0.896. The Balaban J connectivity index is 2.57. The Hall–Kier alpha value is -1.82. The number of rotatable bonds is 2. The van der Waals surface area contributed by atoms with Gasteiger partial charge in [0.15, 0.2) is 0 Å². The van der Waals surface area contributed by atoms with Gasteiger partial charge in [0.2, 0.25) is 0 Å². The summed E-state index contributed by atoms with van der Waals surface area (Å²) in [5.74, 6) is 0.628. The summed E-state index contributed by atoms with van der Waals surface area (Å²) in [6, 6.07) is 4.10. The van der Waals surface area contributed by atoms with Crippen molar-refractivity contribution in [3.8, 4) is 5.69 Å². The van der Waals surface area contributed by atoms with Gasteiger partial charge < -0.3 is 10.3 Å². The molecule has 1 aromatic carbocycles. The summed E-state index contributed by atoms with van der Waals surface area (Å²) in [4.78, 5) is 3.98. The van der Waals surface area contributed by atoms with E-state index in [0.717, 1.165) is 6.07 Å². The average molecular weight is 255 g/mol. The minimum Gasteiger partial charge on any atom is -0.326 e. The molecule has 0 fully saturated rings. The molecule has 0 unspecified atom stereocenters. The third kappa shape index (κ3) is 2.24. The van der Waals surface area contributed by atoms with Gasteiger partial charge >= 0.3 is 6.18 Å². The first kappa shape index (κ1) is 12.6. The lowest BCUT2D eigenvalue weighted by Gasteiger charge is -2.14. The zero-order valence-corrected chi connectivity index (χ0v) is 9.70. The predicted molar refractivity (Wildman–Crippen MR) is 61.2 cm³/mol. The number of aryl methyl sites for hydroxylation is 1. The van der Waals surface area contributed by atoms with E-state index >= 15 is 0 Å². The van der Waals surface area contributed by atoms with Crippen LogP contribution in [-0.4, -0.2) is 9.55 Å². The predicted octanol–water partition coefficient (Wildman–Crippen LogP) is 2.66. The molecule has 0 radical (unpaired) electrons. The topological polar surface area (TPSA) is 43.8 Å². The van der Waals surface area contributed by atoms with Gasteiger partial charge in [-0.15, -0.1) is 0 Å². The van der Waals surface area contributed by atoms with Gasteiger partial charge in [0, 0.05) is 24.6 Å². The Morgan fingerprint density at radius 1 is 1.33 bits per heavy atom. The molecule has 1 aromatic heterocycles. The maximum Gasteiger partial charge on any atom is 0.416 e.